The molecule has 0 spiro atoms. The predicted octanol–water partition coefficient (Wildman–Crippen LogP) is 2.50. The smallest absolute Gasteiger partial charge is 0.364 e. The lowest BCUT2D eigenvalue weighted by Crippen LogP contribution is -2.27. The fourth-order valence-corrected chi connectivity index (χ4v) is 3.84. The van der Waals surface area contributed by atoms with Crippen LogP contribution in [-0.2, 0) is 35.7 Å². The summed E-state index contributed by atoms with van der Waals surface area (Å²) in [7, 11) is -2.39. The first-order chi connectivity index (χ1) is 16.5. The van der Waals surface area contributed by atoms with Gasteiger partial charge in [0.15, 0.2) is 5.82 Å². The van der Waals surface area contributed by atoms with Gasteiger partial charge in [-0.2, -0.15) is 18.2 Å². The van der Waals surface area contributed by atoms with E-state index in [2.05, 4.69) is 40.9 Å². The van der Waals surface area contributed by atoms with E-state index in [4.69, 9.17) is 0 Å². The van der Waals surface area contributed by atoms with Crippen molar-refractivity contribution >= 4 is 45.8 Å². The third-order valence-corrected chi connectivity index (χ3v) is 6.40. The van der Waals surface area contributed by atoms with Crippen molar-refractivity contribution in [3.63, 3.8) is 0 Å². The van der Waals surface area contributed by atoms with Crippen LogP contribution in [0.15, 0.2) is 30.7 Å². The summed E-state index contributed by atoms with van der Waals surface area (Å²) < 4.78 is 65.5. The Balaban J connectivity index is 0.00000361. The van der Waals surface area contributed by atoms with Gasteiger partial charge in [0.1, 0.15) is 22.9 Å². The standard InChI is InChI=1S/C20H22F3N9O2S.ClH/c1-32(35(2,33)34)18-15(25-7-8-26-18)11-27-17-13(20(21,22)23)10-28-19(31-17)30-16-4-3-12-9-24-6-5-14(12)29-16;/h3-4,7-8,10,24H,5-6,9,11H2,1-2H3,(H2,27,28,29,30,31);1H. The Morgan fingerprint density at radius 3 is 2.61 bits per heavy atom. The molecular weight excluding hydrogens is 523 g/mol. The Bertz CT molecular complexity index is 1340. The molecule has 11 nitrogen and oxygen atoms in total. The summed E-state index contributed by atoms with van der Waals surface area (Å²) in [6.07, 6.45) is 0.247. The van der Waals surface area contributed by atoms with Crippen molar-refractivity contribution in [2.24, 2.45) is 0 Å². The van der Waals surface area contributed by atoms with Gasteiger partial charge in [0.2, 0.25) is 16.0 Å². The van der Waals surface area contributed by atoms with Gasteiger partial charge in [-0.05, 0) is 11.6 Å². The van der Waals surface area contributed by atoms with Crippen LogP contribution in [0.4, 0.5) is 36.6 Å². The number of nitrogens with one attached hydrogen (secondary N) is 3. The molecule has 1 aliphatic heterocycles. The Labute approximate surface area is 211 Å². The number of anilines is 4. The van der Waals surface area contributed by atoms with Crippen LogP contribution in [0.3, 0.4) is 0 Å². The molecule has 4 rings (SSSR count). The van der Waals surface area contributed by atoms with E-state index >= 15 is 0 Å². The van der Waals surface area contributed by atoms with Crippen molar-refractivity contribution in [1.29, 1.82) is 0 Å². The minimum absolute atomic E-state index is 0. The molecule has 0 unspecified atom stereocenters. The van der Waals surface area contributed by atoms with Gasteiger partial charge in [-0.3, -0.25) is 9.29 Å². The van der Waals surface area contributed by atoms with Crippen molar-refractivity contribution in [3.8, 4) is 0 Å². The molecule has 0 amide bonds. The average molecular weight is 546 g/mol. The molecule has 0 saturated heterocycles. The predicted molar refractivity (Wildman–Crippen MR) is 130 cm³/mol. The lowest BCUT2D eigenvalue weighted by molar-refractivity contribution is -0.137. The van der Waals surface area contributed by atoms with Crippen molar-refractivity contribution in [2.75, 3.05) is 34.8 Å². The Hall–Kier alpha value is -3.30. The highest BCUT2D eigenvalue weighted by Gasteiger charge is 2.35. The number of hydrogen-bond acceptors (Lipinski definition) is 10. The highest BCUT2D eigenvalue weighted by molar-refractivity contribution is 7.92. The molecule has 1 aliphatic rings. The summed E-state index contributed by atoms with van der Waals surface area (Å²) in [6, 6.07) is 3.58. The second-order valence-corrected chi connectivity index (χ2v) is 9.73. The third kappa shape index (κ3) is 6.27. The molecule has 0 aromatic carbocycles. The first-order valence-corrected chi connectivity index (χ1v) is 12.3. The topological polar surface area (TPSA) is 138 Å². The second kappa shape index (κ2) is 10.8. The van der Waals surface area contributed by atoms with Crippen molar-refractivity contribution in [2.45, 2.75) is 25.7 Å². The van der Waals surface area contributed by atoms with Crippen LogP contribution in [0.25, 0.3) is 0 Å². The third-order valence-electron chi connectivity index (χ3n) is 5.23. The highest BCUT2D eigenvalue weighted by Crippen LogP contribution is 2.34. The van der Waals surface area contributed by atoms with E-state index in [9.17, 15) is 21.6 Å². The maximum atomic E-state index is 13.6. The van der Waals surface area contributed by atoms with E-state index in [0.717, 1.165) is 34.8 Å². The number of fused-ring (bicyclic) bond motifs is 1. The number of halogens is 4. The van der Waals surface area contributed by atoms with E-state index in [-0.39, 0.29) is 36.4 Å². The van der Waals surface area contributed by atoms with Crippen LogP contribution in [0.5, 0.6) is 0 Å². The van der Waals surface area contributed by atoms with Gasteiger partial charge in [0.25, 0.3) is 0 Å². The molecule has 3 aromatic rings. The molecule has 0 aliphatic carbocycles. The van der Waals surface area contributed by atoms with Crippen molar-refractivity contribution in [1.82, 2.24) is 30.2 Å². The van der Waals surface area contributed by atoms with Gasteiger partial charge < -0.3 is 16.0 Å². The van der Waals surface area contributed by atoms with Gasteiger partial charge in [-0.1, -0.05) is 6.07 Å². The number of hydrogen-bond donors (Lipinski definition) is 3. The number of aromatic nitrogens is 5. The molecule has 0 atom stereocenters. The lowest BCUT2D eigenvalue weighted by atomic mass is 10.1. The summed E-state index contributed by atoms with van der Waals surface area (Å²) in [5.41, 5.74) is 0.974. The molecule has 0 saturated carbocycles. The Kier molecular flexibility index (Phi) is 8.15. The Morgan fingerprint density at radius 2 is 1.89 bits per heavy atom. The fraction of sp³-hybridized carbons (Fsp3) is 0.350. The summed E-state index contributed by atoms with van der Waals surface area (Å²) in [6.45, 7) is 1.21. The van der Waals surface area contributed by atoms with E-state index < -0.39 is 27.6 Å². The summed E-state index contributed by atoms with van der Waals surface area (Å²) in [5, 5.41) is 8.68. The zero-order valence-electron chi connectivity index (χ0n) is 19.2. The average Bonchev–Trinajstić information content (AvgIpc) is 2.81. The van der Waals surface area contributed by atoms with Gasteiger partial charge >= 0.3 is 6.18 Å². The minimum Gasteiger partial charge on any atom is -0.364 e. The van der Waals surface area contributed by atoms with Crippen LogP contribution in [-0.4, -0.2) is 53.2 Å². The van der Waals surface area contributed by atoms with Crippen molar-refractivity contribution in [3.05, 3.63) is 53.2 Å². The maximum absolute atomic E-state index is 13.6. The van der Waals surface area contributed by atoms with Gasteiger partial charge in [-0.25, -0.2) is 23.4 Å². The summed E-state index contributed by atoms with van der Waals surface area (Å²) >= 11 is 0. The maximum Gasteiger partial charge on any atom is 0.421 e. The molecule has 194 valence electrons. The molecule has 0 bridgehead atoms. The molecule has 4 heterocycles. The quantitative estimate of drug-likeness (QED) is 0.406. The number of pyridine rings is 1. The summed E-state index contributed by atoms with van der Waals surface area (Å²) in [4.78, 5) is 20.4. The van der Waals surface area contributed by atoms with Crippen LogP contribution < -0.4 is 20.3 Å². The van der Waals surface area contributed by atoms with E-state index in [1.165, 1.54) is 19.4 Å². The largest absolute Gasteiger partial charge is 0.421 e. The number of rotatable bonds is 7. The number of alkyl halides is 3. The molecule has 3 N–H and O–H groups in total. The van der Waals surface area contributed by atoms with E-state index in [1.807, 2.05) is 6.07 Å². The lowest BCUT2D eigenvalue weighted by Gasteiger charge is -2.19. The first-order valence-electron chi connectivity index (χ1n) is 10.4. The van der Waals surface area contributed by atoms with Crippen LogP contribution in [0, 0.1) is 0 Å². The SMILES string of the molecule is CN(c1nccnc1CNc1nc(Nc2ccc3c(n2)CCNC3)ncc1C(F)(F)F)S(C)(=O)=O.Cl. The van der Waals surface area contributed by atoms with Crippen LogP contribution in [0.2, 0.25) is 0 Å². The van der Waals surface area contributed by atoms with Gasteiger partial charge in [-0.15, -0.1) is 12.4 Å². The van der Waals surface area contributed by atoms with Crippen LogP contribution >= 0.6 is 12.4 Å². The van der Waals surface area contributed by atoms with Gasteiger partial charge in [0, 0.05) is 50.8 Å². The van der Waals surface area contributed by atoms with Crippen molar-refractivity contribution < 1.29 is 21.6 Å². The second-order valence-electron chi connectivity index (χ2n) is 7.72. The molecule has 0 radical (unpaired) electrons. The zero-order valence-corrected chi connectivity index (χ0v) is 20.8. The van der Waals surface area contributed by atoms with Gasteiger partial charge in [0.05, 0.1) is 12.8 Å². The molecule has 0 fully saturated rings. The number of nitrogens with zero attached hydrogens (tertiary/aromatic N) is 6. The molecule has 16 heteroatoms. The Morgan fingerprint density at radius 1 is 1.14 bits per heavy atom. The monoisotopic (exact) mass is 545 g/mol. The minimum atomic E-state index is -4.73. The zero-order chi connectivity index (χ0) is 25.2. The summed E-state index contributed by atoms with van der Waals surface area (Å²) in [5.74, 6) is -0.205. The normalized spacial score (nSPS) is 13.4. The fourth-order valence-electron chi connectivity index (χ4n) is 3.38. The highest BCUT2D eigenvalue weighted by atomic mass is 35.5. The van der Waals surface area contributed by atoms with E-state index in [1.54, 1.807) is 6.07 Å². The molecule has 36 heavy (non-hydrogen) atoms. The molecule has 3 aromatic heterocycles. The first kappa shape index (κ1) is 27.3. The number of sulfonamides is 1. The van der Waals surface area contributed by atoms with E-state index in [0.29, 0.717) is 18.6 Å². The van der Waals surface area contributed by atoms with Crippen LogP contribution in [0.1, 0.15) is 22.5 Å². The molecular formula is C20H23ClF3N9O2S.